The van der Waals surface area contributed by atoms with E-state index in [4.69, 9.17) is 0 Å². The SMILES string of the molecule is Cc1cc(C(=O)Nc2nn[nH]n2)cc(C)c1OC(F)F. The standard InChI is InChI=1S/C11H11F2N5O2/c1-5-3-7(4-6(2)8(5)20-10(12)13)9(19)14-11-15-17-18-16-11/h3-4,10H,1-2H3,(H2,14,15,16,17,18,19). The van der Waals surface area contributed by atoms with Crippen molar-refractivity contribution in [2.75, 3.05) is 5.32 Å². The highest BCUT2D eigenvalue weighted by molar-refractivity contribution is 6.03. The van der Waals surface area contributed by atoms with Crippen LogP contribution in [0.3, 0.4) is 0 Å². The second-order valence-corrected chi connectivity index (χ2v) is 4.01. The molecular formula is C11H11F2N5O2. The van der Waals surface area contributed by atoms with Crippen LogP contribution in [0.1, 0.15) is 21.5 Å². The van der Waals surface area contributed by atoms with E-state index >= 15 is 0 Å². The highest BCUT2D eigenvalue weighted by atomic mass is 19.3. The van der Waals surface area contributed by atoms with Gasteiger partial charge in [-0.2, -0.15) is 14.0 Å². The molecule has 0 unspecified atom stereocenters. The van der Waals surface area contributed by atoms with Gasteiger partial charge >= 0.3 is 6.61 Å². The molecule has 1 heterocycles. The number of carbonyl (C=O) groups is 1. The second kappa shape index (κ2) is 5.59. The van der Waals surface area contributed by atoms with Crippen molar-refractivity contribution >= 4 is 11.9 Å². The number of benzene rings is 1. The fourth-order valence-electron chi connectivity index (χ4n) is 1.74. The van der Waals surface area contributed by atoms with Crippen LogP contribution in [0.15, 0.2) is 12.1 Å². The molecule has 2 rings (SSSR count). The zero-order valence-electron chi connectivity index (χ0n) is 10.6. The summed E-state index contributed by atoms with van der Waals surface area (Å²) in [6.45, 7) is 0.248. The number of hydrogen-bond acceptors (Lipinski definition) is 5. The number of hydrogen-bond donors (Lipinski definition) is 2. The van der Waals surface area contributed by atoms with Gasteiger partial charge in [-0.1, -0.05) is 5.10 Å². The van der Waals surface area contributed by atoms with Crippen LogP contribution in [-0.4, -0.2) is 33.1 Å². The lowest BCUT2D eigenvalue weighted by molar-refractivity contribution is -0.0507. The molecule has 20 heavy (non-hydrogen) atoms. The van der Waals surface area contributed by atoms with Gasteiger partial charge in [0.2, 0.25) is 0 Å². The van der Waals surface area contributed by atoms with Crippen molar-refractivity contribution in [2.24, 2.45) is 0 Å². The molecule has 2 N–H and O–H groups in total. The lowest BCUT2D eigenvalue weighted by Gasteiger charge is -2.12. The van der Waals surface area contributed by atoms with E-state index in [0.29, 0.717) is 11.1 Å². The van der Waals surface area contributed by atoms with Crippen molar-refractivity contribution < 1.29 is 18.3 Å². The first-order valence-electron chi connectivity index (χ1n) is 5.58. The summed E-state index contributed by atoms with van der Waals surface area (Å²) in [4.78, 5) is 11.9. The summed E-state index contributed by atoms with van der Waals surface area (Å²) in [5.41, 5.74) is 1.15. The third-order valence-corrected chi connectivity index (χ3v) is 2.50. The average molecular weight is 283 g/mol. The van der Waals surface area contributed by atoms with E-state index in [0.717, 1.165) is 0 Å². The van der Waals surface area contributed by atoms with Crippen LogP contribution in [0.5, 0.6) is 5.75 Å². The maximum absolute atomic E-state index is 12.3. The number of aromatic nitrogens is 4. The summed E-state index contributed by atoms with van der Waals surface area (Å²) in [5, 5.41) is 15.1. The molecule has 0 fully saturated rings. The van der Waals surface area contributed by atoms with Gasteiger partial charge in [0.05, 0.1) is 0 Å². The zero-order valence-corrected chi connectivity index (χ0v) is 10.6. The number of nitrogens with one attached hydrogen (secondary N) is 2. The molecule has 0 saturated carbocycles. The molecule has 1 aromatic carbocycles. The summed E-state index contributed by atoms with van der Waals surface area (Å²) < 4.78 is 28.9. The van der Waals surface area contributed by atoms with Gasteiger partial charge in [-0.3, -0.25) is 10.1 Å². The number of alkyl halides is 2. The van der Waals surface area contributed by atoms with Gasteiger partial charge in [0.1, 0.15) is 5.75 Å². The molecule has 0 atom stereocenters. The molecule has 2 aromatic rings. The first kappa shape index (κ1) is 13.8. The van der Waals surface area contributed by atoms with Crippen molar-refractivity contribution in [1.29, 1.82) is 0 Å². The van der Waals surface area contributed by atoms with Gasteiger partial charge in [0.25, 0.3) is 11.9 Å². The van der Waals surface area contributed by atoms with E-state index in [1.54, 1.807) is 13.8 Å². The normalized spacial score (nSPS) is 10.7. The largest absolute Gasteiger partial charge is 0.434 e. The molecule has 0 aliphatic heterocycles. The lowest BCUT2D eigenvalue weighted by atomic mass is 10.1. The fraction of sp³-hybridized carbons (Fsp3) is 0.273. The molecule has 0 bridgehead atoms. The molecule has 0 spiro atoms. The zero-order chi connectivity index (χ0) is 14.7. The van der Waals surface area contributed by atoms with Gasteiger partial charge in [0.15, 0.2) is 0 Å². The molecular weight excluding hydrogens is 272 g/mol. The van der Waals surface area contributed by atoms with Crippen molar-refractivity contribution in [1.82, 2.24) is 20.6 Å². The third kappa shape index (κ3) is 3.05. The first-order valence-corrected chi connectivity index (χ1v) is 5.58. The Hall–Kier alpha value is -2.58. The number of ether oxygens (including phenoxy) is 1. The minimum atomic E-state index is -2.91. The number of anilines is 1. The molecule has 0 aliphatic carbocycles. The monoisotopic (exact) mass is 283 g/mol. The Morgan fingerprint density at radius 1 is 1.35 bits per heavy atom. The van der Waals surface area contributed by atoms with Gasteiger partial charge in [0, 0.05) is 5.56 Å². The number of rotatable bonds is 4. The first-order chi connectivity index (χ1) is 9.47. The molecule has 0 aliphatic rings. The Balaban J connectivity index is 2.23. The molecule has 0 saturated heterocycles. The number of aryl methyl sites for hydroxylation is 2. The summed E-state index contributed by atoms with van der Waals surface area (Å²) in [6, 6.07) is 2.89. The second-order valence-electron chi connectivity index (χ2n) is 4.01. The summed E-state index contributed by atoms with van der Waals surface area (Å²) in [5.74, 6) is -0.379. The quantitative estimate of drug-likeness (QED) is 0.890. The van der Waals surface area contributed by atoms with E-state index in [2.05, 4.69) is 30.7 Å². The average Bonchev–Trinajstić information content (AvgIpc) is 2.86. The van der Waals surface area contributed by atoms with Crippen molar-refractivity contribution in [3.8, 4) is 5.75 Å². The van der Waals surface area contributed by atoms with Crippen LogP contribution < -0.4 is 10.1 Å². The van der Waals surface area contributed by atoms with Gasteiger partial charge < -0.3 is 4.74 Å². The number of aromatic amines is 1. The summed E-state index contributed by atoms with van der Waals surface area (Å²) >= 11 is 0. The maximum atomic E-state index is 12.3. The Morgan fingerprint density at radius 3 is 2.50 bits per heavy atom. The summed E-state index contributed by atoms with van der Waals surface area (Å²) in [7, 11) is 0. The van der Waals surface area contributed by atoms with Gasteiger partial charge in [-0.25, -0.2) is 0 Å². The molecule has 1 amide bonds. The van der Waals surface area contributed by atoms with Crippen LogP contribution in [-0.2, 0) is 0 Å². The molecule has 1 aromatic heterocycles. The topological polar surface area (TPSA) is 92.8 Å². The highest BCUT2D eigenvalue weighted by Crippen LogP contribution is 2.26. The predicted octanol–water partition coefficient (Wildman–Crippen LogP) is 1.67. The smallest absolute Gasteiger partial charge is 0.387 e. The third-order valence-electron chi connectivity index (χ3n) is 2.50. The van der Waals surface area contributed by atoms with Crippen molar-refractivity contribution in [3.63, 3.8) is 0 Å². The minimum Gasteiger partial charge on any atom is -0.434 e. The number of amides is 1. The molecule has 106 valence electrons. The van der Waals surface area contributed by atoms with Crippen LogP contribution in [0, 0.1) is 13.8 Å². The minimum absolute atomic E-state index is 0.0261. The highest BCUT2D eigenvalue weighted by Gasteiger charge is 2.15. The maximum Gasteiger partial charge on any atom is 0.387 e. The Morgan fingerprint density at radius 2 is 2.00 bits per heavy atom. The van der Waals surface area contributed by atoms with Crippen LogP contribution >= 0.6 is 0 Å². The van der Waals surface area contributed by atoms with Crippen molar-refractivity contribution in [3.05, 3.63) is 28.8 Å². The Kier molecular flexibility index (Phi) is 3.87. The van der Waals surface area contributed by atoms with E-state index in [9.17, 15) is 13.6 Å². The fourth-order valence-corrected chi connectivity index (χ4v) is 1.74. The molecule has 9 heteroatoms. The van der Waals surface area contributed by atoms with Crippen LogP contribution in [0.2, 0.25) is 0 Å². The lowest BCUT2D eigenvalue weighted by Crippen LogP contribution is -2.14. The van der Waals surface area contributed by atoms with E-state index in [-0.39, 0.29) is 17.3 Å². The number of halogens is 2. The van der Waals surface area contributed by atoms with E-state index in [1.807, 2.05) is 0 Å². The van der Waals surface area contributed by atoms with Gasteiger partial charge in [-0.15, -0.1) is 5.10 Å². The number of nitrogens with zero attached hydrogens (tertiary/aromatic N) is 3. The van der Waals surface area contributed by atoms with E-state index < -0.39 is 12.5 Å². The van der Waals surface area contributed by atoms with Crippen molar-refractivity contribution in [2.45, 2.75) is 20.5 Å². The predicted molar refractivity (Wildman–Crippen MR) is 64.7 cm³/mol. The Labute approximate surface area is 112 Å². The number of tetrazole rings is 1. The van der Waals surface area contributed by atoms with Crippen LogP contribution in [0.25, 0.3) is 0 Å². The van der Waals surface area contributed by atoms with Gasteiger partial charge in [-0.05, 0) is 42.3 Å². The molecule has 7 nitrogen and oxygen atoms in total. The number of carbonyl (C=O) groups excluding carboxylic acids is 1. The number of H-pyrrole nitrogens is 1. The van der Waals surface area contributed by atoms with Crippen LogP contribution in [0.4, 0.5) is 14.7 Å². The van der Waals surface area contributed by atoms with E-state index in [1.165, 1.54) is 12.1 Å². The Bertz CT molecular complexity index is 592. The summed E-state index contributed by atoms with van der Waals surface area (Å²) in [6.07, 6.45) is 0. The molecule has 0 radical (unpaired) electrons.